The van der Waals surface area contributed by atoms with Crippen LogP contribution in [0.15, 0.2) is 0 Å². The Morgan fingerprint density at radius 3 is 2.00 bits per heavy atom. The minimum absolute atomic E-state index is 0.162. The van der Waals surface area contributed by atoms with Crippen LogP contribution in [0.4, 0.5) is 5.82 Å². The summed E-state index contributed by atoms with van der Waals surface area (Å²) in [6.45, 7) is 0. The predicted octanol–water partition coefficient (Wildman–Crippen LogP) is 2.70. The number of halogens is 4. The smallest absolute Gasteiger partial charge is 0.286 e. The summed E-state index contributed by atoms with van der Waals surface area (Å²) in [6, 6.07) is 0. The fourth-order valence-corrected chi connectivity index (χ4v) is 1.31. The van der Waals surface area contributed by atoms with E-state index in [1.54, 1.807) is 0 Å². The second kappa shape index (κ2) is 3.23. The first-order valence-electron chi connectivity index (χ1n) is 2.54. The van der Waals surface area contributed by atoms with Gasteiger partial charge in [0.25, 0.3) is 5.82 Å². The third-order valence-electron chi connectivity index (χ3n) is 1.06. The quantitative estimate of drug-likeness (QED) is 0.687. The van der Waals surface area contributed by atoms with Crippen molar-refractivity contribution < 1.29 is 4.98 Å². The van der Waals surface area contributed by atoms with Crippen molar-refractivity contribution in [2.45, 2.75) is 0 Å². The zero-order chi connectivity index (χ0) is 8.59. The van der Waals surface area contributed by atoms with Gasteiger partial charge in [-0.3, -0.25) is 5.73 Å². The van der Waals surface area contributed by atoms with Crippen LogP contribution in [0.5, 0.6) is 0 Å². The van der Waals surface area contributed by atoms with Gasteiger partial charge >= 0.3 is 0 Å². The molecule has 0 aromatic carbocycles. The minimum atomic E-state index is 0.162. The molecule has 0 aliphatic carbocycles. The summed E-state index contributed by atoms with van der Waals surface area (Å²) in [6.07, 6.45) is 0. The fraction of sp³-hybridized carbons (Fsp3) is 0. The van der Waals surface area contributed by atoms with Gasteiger partial charge in [-0.1, -0.05) is 34.8 Å². The molecule has 60 valence electrons. The molecule has 0 amide bonds. The standard InChI is InChI=1S/C5H2Cl4N2/c6-1-2(7)4(9)11-5(10)3(1)8/h(H2,10,11)/p+1. The summed E-state index contributed by atoms with van der Waals surface area (Å²) in [4.78, 5) is 2.54. The largest absolute Gasteiger partial charge is 0.291 e. The summed E-state index contributed by atoms with van der Waals surface area (Å²) in [5.74, 6) is 0.200. The van der Waals surface area contributed by atoms with E-state index in [9.17, 15) is 0 Å². The van der Waals surface area contributed by atoms with Crippen LogP contribution in [0.25, 0.3) is 0 Å². The van der Waals surface area contributed by atoms with E-state index in [2.05, 4.69) is 4.98 Å². The number of aromatic amines is 1. The maximum Gasteiger partial charge on any atom is 0.291 e. The zero-order valence-electron chi connectivity index (χ0n) is 5.09. The van der Waals surface area contributed by atoms with E-state index < -0.39 is 0 Å². The first-order valence-corrected chi connectivity index (χ1v) is 4.06. The molecule has 0 aliphatic heterocycles. The number of hydrogen-bond donors (Lipinski definition) is 1. The molecule has 6 heteroatoms. The number of anilines is 1. The molecule has 11 heavy (non-hydrogen) atoms. The van der Waals surface area contributed by atoms with Gasteiger partial charge in [0.15, 0.2) is 0 Å². The van der Waals surface area contributed by atoms with Gasteiger partial charge in [0.05, 0.1) is 5.02 Å². The van der Waals surface area contributed by atoms with Crippen LogP contribution in [0.3, 0.4) is 0 Å². The second-order valence-corrected chi connectivity index (χ2v) is 3.31. The summed E-state index contributed by atoms with van der Waals surface area (Å²) in [7, 11) is 0. The van der Waals surface area contributed by atoms with Crippen LogP contribution >= 0.6 is 46.4 Å². The molecule has 0 fully saturated rings. The SMILES string of the molecule is Nc1[nH+]c(Cl)c(Cl)c(Cl)c1Cl. The van der Waals surface area contributed by atoms with Gasteiger partial charge in [-0.15, -0.1) is 0 Å². The Morgan fingerprint density at radius 2 is 1.45 bits per heavy atom. The third-order valence-corrected chi connectivity index (χ3v) is 2.78. The van der Waals surface area contributed by atoms with Crippen LogP contribution < -0.4 is 10.7 Å². The highest BCUT2D eigenvalue weighted by Crippen LogP contribution is 2.34. The molecule has 0 saturated carbocycles. The highest BCUT2D eigenvalue weighted by atomic mass is 35.5. The molecular formula is C5H3Cl4N2+. The number of hydrogen-bond acceptors (Lipinski definition) is 1. The van der Waals surface area contributed by atoms with E-state index in [4.69, 9.17) is 52.1 Å². The Bertz CT molecular complexity index is 273. The van der Waals surface area contributed by atoms with Gasteiger partial charge in [0, 0.05) is 0 Å². The van der Waals surface area contributed by atoms with E-state index in [-0.39, 0.29) is 26.0 Å². The number of nitrogens with two attached hydrogens (primary N) is 1. The van der Waals surface area contributed by atoms with Crippen molar-refractivity contribution in [1.82, 2.24) is 0 Å². The number of rotatable bonds is 0. The molecule has 0 saturated heterocycles. The number of H-pyrrole nitrogens is 1. The molecule has 0 unspecified atom stereocenters. The molecule has 1 rings (SSSR count). The van der Waals surface area contributed by atoms with Crippen molar-refractivity contribution in [2.75, 3.05) is 5.73 Å². The van der Waals surface area contributed by atoms with Gasteiger partial charge in [0.1, 0.15) is 10.0 Å². The average molecular weight is 233 g/mol. The van der Waals surface area contributed by atoms with Crippen LogP contribution in [-0.4, -0.2) is 0 Å². The van der Waals surface area contributed by atoms with Crippen LogP contribution in [0.1, 0.15) is 0 Å². The molecule has 0 aliphatic rings. The summed E-state index contributed by atoms with van der Waals surface area (Å²) < 4.78 is 0. The normalized spacial score (nSPS) is 10.2. The molecule has 0 bridgehead atoms. The molecule has 3 N–H and O–H groups in total. The Kier molecular flexibility index (Phi) is 2.70. The van der Waals surface area contributed by atoms with Crippen molar-refractivity contribution in [2.24, 2.45) is 0 Å². The third kappa shape index (κ3) is 1.64. The molecule has 1 aromatic rings. The van der Waals surface area contributed by atoms with Crippen molar-refractivity contribution >= 4 is 52.2 Å². The molecule has 2 nitrogen and oxygen atoms in total. The molecule has 1 heterocycles. The zero-order valence-corrected chi connectivity index (χ0v) is 8.11. The number of aromatic nitrogens is 1. The lowest BCUT2D eigenvalue weighted by atomic mass is 10.4. The van der Waals surface area contributed by atoms with Crippen LogP contribution in [0.2, 0.25) is 20.2 Å². The average Bonchev–Trinajstić information content (AvgIpc) is 1.97. The lowest BCUT2D eigenvalue weighted by Crippen LogP contribution is -2.12. The Balaban J connectivity index is 3.46. The van der Waals surface area contributed by atoms with Crippen LogP contribution in [-0.2, 0) is 0 Å². The number of nitrogen functional groups attached to an aromatic ring is 1. The highest BCUT2D eigenvalue weighted by Gasteiger charge is 2.16. The maximum atomic E-state index is 5.64. The van der Waals surface area contributed by atoms with E-state index in [1.165, 1.54) is 0 Å². The monoisotopic (exact) mass is 231 g/mol. The molecule has 0 radical (unpaired) electrons. The Labute approximate surface area is 83.2 Å². The lowest BCUT2D eigenvalue weighted by molar-refractivity contribution is -0.357. The van der Waals surface area contributed by atoms with Crippen molar-refractivity contribution in [3.63, 3.8) is 0 Å². The lowest BCUT2D eigenvalue weighted by Gasteiger charge is -1.98. The molecular weight excluding hydrogens is 230 g/mol. The molecule has 0 spiro atoms. The van der Waals surface area contributed by atoms with E-state index >= 15 is 0 Å². The van der Waals surface area contributed by atoms with Gasteiger partial charge < -0.3 is 0 Å². The van der Waals surface area contributed by atoms with Gasteiger partial charge in [-0.25, -0.2) is 4.98 Å². The summed E-state index contributed by atoms with van der Waals surface area (Å²) in [5.41, 5.74) is 5.38. The summed E-state index contributed by atoms with van der Waals surface area (Å²) >= 11 is 22.5. The molecule has 0 atom stereocenters. The van der Waals surface area contributed by atoms with E-state index in [1.807, 2.05) is 0 Å². The number of pyridine rings is 1. The first kappa shape index (κ1) is 9.20. The van der Waals surface area contributed by atoms with Crippen molar-refractivity contribution in [1.29, 1.82) is 0 Å². The second-order valence-electron chi connectivity index (χ2n) is 1.79. The Hall–Kier alpha value is 0.110. The Morgan fingerprint density at radius 1 is 0.909 bits per heavy atom. The maximum absolute atomic E-state index is 5.64. The van der Waals surface area contributed by atoms with Gasteiger partial charge in [-0.05, 0) is 11.6 Å². The van der Waals surface area contributed by atoms with Gasteiger partial charge in [0.2, 0.25) is 5.15 Å². The van der Waals surface area contributed by atoms with E-state index in [0.29, 0.717) is 0 Å². The molecule has 1 aromatic heterocycles. The predicted molar refractivity (Wildman–Crippen MR) is 47.5 cm³/mol. The van der Waals surface area contributed by atoms with Crippen LogP contribution in [0, 0.1) is 0 Å². The first-order chi connectivity index (χ1) is 5.04. The van der Waals surface area contributed by atoms with Crippen molar-refractivity contribution in [3.8, 4) is 0 Å². The number of nitrogens with one attached hydrogen (secondary N) is 1. The van der Waals surface area contributed by atoms with Crippen molar-refractivity contribution in [3.05, 3.63) is 20.2 Å². The minimum Gasteiger partial charge on any atom is -0.286 e. The van der Waals surface area contributed by atoms with E-state index in [0.717, 1.165) is 0 Å². The topological polar surface area (TPSA) is 40.2 Å². The highest BCUT2D eigenvalue weighted by molar-refractivity contribution is 6.51. The summed E-state index contributed by atoms with van der Waals surface area (Å²) in [5, 5.41) is 0.696. The fourth-order valence-electron chi connectivity index (χ4n) is 0.539. The van der Waals surface area contributed by atoms with Gasteiger partial charge in [-0.2, -0.15) is 0 Å².